The molecule has 3 aliphatic rings. The normalized spacial score (nSPS) is 22.4. The van der Waals surface area contributed by atoms with E-state index in [1.165, 1.54) is 0 Å². The Morgan fingerprint density at radius 1 is 1.23 bits per heavy atom. The van der Waals surface area contributed by atoms with E-state index in [0.29, 0.717) is 18.2 Å². The summed E-state index contributed by atoms with van der Waals surface area (Å²) in [6.07, 6.45) is 9.12. The summed E-state index contributed by atoms with van der Waals surface area (Å²) in [5.74, 6) is 1.16. The number of nitrogens with one attached hydrogen (secondary N) is 2. The van der Waals surface area contributed by atoms with Crippen LogP contribution in [-0.4, -0.2) is 28.9 Å². The Hall–Kier alpha value is -3.65. The first kappa shape index (κ1) is 14.7. The number of amides is 1. The lowest BCUT2D eigenvalue weighted by atomic mass is 10.1. The standard InChI is InChI=1S/C18H13N7O/c26-17-9-12-8-13(3-4-15(12)22-17)21-18-23-16-11-20-6-7-25(16,24-18)14-2-1-5-19-10-14/h1-8,10-11H,9H2,(H-,20,21,22,23,24,26)/p+1. The minimum absolute atomic E-state index is 0.00941. The smallest absolute Gasteiger partial charge is 0.287 e. The minimum atomic E-state index is 0.00941. The quantitative estimate of drug-likeness (QED) is 0.819. The SMILES string of the molecule is O=C1Cc2cc(NC3=N[N+]4(c5cccnc5)C=CN=CC4=N3)ccc2N1. The van der Waals surface area contributed by atoms with Gasteiger partial charge in [-0.15, -0.1) is 0 Å². The van der Waals surface area contributed by atoms with E-state index in [1.807, 2.05) is 36.5 Å². The summed E-state index contributed by atoms with van der Waals surface area (Å²) in [5, 5.41) is 10.8. The van der Waals surface area contributed by atoms with Gasteiger partial charge in [-0.05, 0) is 34.9 Å². The van der Waals surface area contributed by atoms with E-state index in [-0.39, 0.29) is 10.5 Å². The molecule has 1 atom stereocenters. The molecule has 0 spiro atoms. The van der Waals surface area contributed by atoms with Crippen LogP contribution in [0.3, 0.4) is 0 Å². The number of rotatable bonds is 2. The molecule has 0 aliphatic carbocycles. The Morgan fingerprint density at radius 2 is 2.19 bits per heavy atom. The van der Waals surface area contributed by atoms with Gasteiger partial charge in [0.25, 0.3) is 11.8 Å². The Morgan fingerprint density at radius 3 is 3.08 bits per heavy atom. The number of nitrogens with zero attached hydrogens (tertiary/aromatic N) is 5. The van der Waals surface area contributed by atoms with E-state index >= 15 is 0 Å². The lowest BCUT2D eigenvalue weighted by molar-refractivity contribution is -0.115. The summed E-state index contributed by atoms with van der Waals surface area (Å²) in [5.41, 5.74) is 3.51. The van der Waals surface area contributed by atoms with Gasteiger partial charge in [-0.1, -0.05) is 4.59 Å². The molecular weight excluding hydrogens is 330 g/mol. The van der Waals surface area contributed by atoms with E-state index in [1.54, 1.807) is 24.8 Å². The molecule has 1 aromatic carbocycles. The molecule has 0 saturated carbocycles. The van der Waals surface area contributed by atoms with Crippen molar-refractivity contribution in [1.29, 1.82) is 0 Å². The maximum atomic E-state index is 11.5. The molecule has 2 aromatic rings. The molecule has 0 saturated heterocycles. The summed E-state index contributed by atoms with van der Waals surface area (Å²) in [6, 6.07) is 9.52. The topological polar surface area (TPSA) is 91.1 Å². The molecule has 1 unspecified atom stereocenters. The summed E-state index contributed by atoms with van der Waals surface area (Å²) in [4.78, 5) is 24.5. The van der Waals surface area contributed by atoms with Gasteiger partial charge in [0.05, 0.1) is 18.8 Å². The van der Waals surface area contributed by atoms with Gasteiger partial charge >= 0.3 is 0 Å². The Bertz CT molecular complexity index is 1040. The van der Waals surface area contributed by atoms with Crippen LogP contribution in [0, 0.1) is 0 Å². The number of quaternary nitrogens is 1. The molecule has 0 bridgehead atoms. The van der Waals surface area contributed by atoms with Crippen LogP contribution in [0.2, 0.25) is 0 Å². The van der Waals surface area contributed by atoms with Crippen molar-refractivity contribution in [3.8, 4) is 0 Å². The predicted molar refractivity (Wildman–Crippen MR) is 101 cm³/mol. The molecule has 126 valence electrons. The largest absolute Gasteiger partial charge is 0.326 e. The number of benzene rings is 1. The minimum Gasteiger partial charge on any atom is -0.326 e. The third kappa shape index (κ3) is 2.24. The number of hydrogen-bond acceptors (Lipinski definition) is 6. The number of guanidine groups is 1. The van der Waals surface area contributed by atoms with Crippen molar-refractivity contribution in [3.05, 3.63) is 60.7 Å². The Balaban J connectivity index is 1.50. The van der Waals surface area contributed by atoms with Gasteiger partial charge in [-0.3, -0.25) is 14.8 Å². The number of amidine groups is 1. The Kier molecular flexibility index (Phi) is 3.06. The molecule has 0 fully saturated rings. The monoisotopic (exact) mass is 344 g/mol. The van der Waals surface area contributed by atoms with Crippen LogP contribution in [0.1, 0.15) is 5.56 Å². The zero-order valence-electron chi connectivity index (χ0n) is 13.6. The number of anilines is 2. The van der Waals surface area contributed by atoms with Crippen LogP contribution < -0.4 is 15.2 Å². The molecule has 5 rings (SSSR count). The molecule has 8 nitrogen and oxygen atoms in total. The number of hydrogen-bond donors (Lipinski definition) is 2. The molecule has 0 radical (unpaired) electrons. The number of carbonyl (C=O) groups excluding carboxylic acids is 1. The lowest BCUT2D eigenvalue weighted by Gasteiger charge is -2.23. The zero-order valence-corrected chi connectivity index (χ0v) is 13.6. The first-order chi connectivity index (χ1) is 12.7. The average Bonchev–Trinajstić information content (AvgIpc) is 3.21. The van der Waals surface area contributed by atoms with E-state index in [0.717, 1.165) is 22.6 Å². The number of fused-ring (bicyclic) bond motifs is 2. The maximum Gasteiger partial charge on any atom is 0.287 e. The van der Waals surface area contributed by atoms with Gasteiger partial charge in [0, 0.05) is 23.6 Å². The molecule has 2 N–H and O–H groups in total. The summed E-state index contributed by atoms with van der Waals surface area (Å²) in [6.45, 7) is 0. The molecule has 8 heteroatoms. The Labute approximate surface area is 148 Å². The summed E-state index contributed by atoms with van der Waals surface area (Å²) < 4.78 is 0.0880. The van der Waals surface area contributed by atoms with Crippen molar-refractivity contribution < 1.29 is 4.79 Å². The fraction of sp³-hybridized carbons (Fsp3) is 0.0556. The molecule has 1 aromatic heterocycles. The third-order valence-electron chi connectivity index (χ3n) is 4.41. The second-order valence-electron chi connectivity index (χ2n) is 6.09. The molecule has 26 heavy (non-hydrogen) atoms. The first-order valence-electron chi connectivity index (χ1n) is 8.12. The second kappa shape index (κ2) is 5.43. The van der Waals surface area contributed by atoms with Crippen molar-refractivity contribution in [1.82, 2.24) is 9.58 Å². The highest BCUT2D eigenvalue weighted by Crippen LogP contribution is 2.31. The lowest BCUT2D eigenvalue weighted by Crippen LogP contribution is -2.44. The van der Waals surface area contributed by atoms with Crippen molar-refractivity contribution in [2.24, 2.45) is 15.1 Å². The first-order valence-corrected chi connectivity index (χ1v) is 8.12. The number of carbonyl (C=O) groups is 1. The van der Waals surface area contributed by atoms with Crippen LogP contribution in [0.25, 0.3) is 0 Å². The number of aliphatic imine (C=N–C) groups is 2. The van der Waals surface area contributed by atoms with Gasteiger partial charge < -0.3 is 10.6 Å². The summed E-state index contributed by atoms with van der Waals surface area (Å²) in [7, 11) is 0. The molecule has 3 aliphatic heterocycles. The van der Waals surface area contributed by atoms with Crippen LogP contribution in [0.15, 0.2) is 70.2 Å². The van der Waals surface area contributed by atoms with Gasteiger partial charge in [0.15, 0.2) is 11.9 Å². The molecular formula is C18H14N7O+. The van der Waals surface area contributed by atoms with E-state index < -0.39 is 0 Å². The number of aromatic nitrogens is 1. The van der Waals surface area contributed by atoms with Crippen LogP contribution in [0.4, 0.5) is 17.1 Å². The number of pyridine rings is 1. The molecule has 4 heterocycles. The van der Waals surface area contributed by atoms with Crippen molar-refractivity contribution in [3.63, 3.8) is 0 Å². The van der Waals surface area contributed by atoms with Gasteiger partial charge in [0.1, 0.15) is 6.21 Å². The van der Waals surface area contributed by atoms with Crippen LogP contribution >= 0.6 is 0 Å². The van der Waals surface area contributed by atoms with E-state index in [9.17, 15) is 4.79 Å². The maximum absolute atomic E-state index is 11.5. The highest BCUT2D eigenvalue weighted by Gasteiger charge is 2.42. The van der Waals surface area contributed by atoms with Gasteiger partial charge in [-0.25, -0.2) is 0 Å². The van der Waals surface area contributed by atoms with E-state index in [2.05, 4.69) is 25.6 Å². The van der Waals surface area contributed by atoms with E-state index in [4.69, 9.17) is 5.10 Å². The second-order valence-corrected chi connectivity index (χ2v) is 6.09. The van der Waals surface area contributed by atoms with Crippen molar-refractivity contribution in [2.75, 3.05) is 10.6 Å². The van der Waals surface area contributed by atoms with Crippen molar-refractivity contribution in [2.45, 2.75) is 6.42 Å². The fourth-order valence-electron chi connectivity index (χ4n) is 3.20. The predicted octanol–water partition coefficient (Wildman–Crippen LogP) is 2.23. The van der Waals surface area contributed by atoms with Crippen LogP contribution in [0.5, 0.6) is 0 Å². The third-order valence-corrected chi connectivity index (χ3v) is 4.41. The van der Waals surface area contributed by atoms with Crippen molar-refractivity contribution >= 4 is 41.0 Å². The zero-order chi connectivity index (χ0) is 17.6. The van der Waals surface area contributed by atoms with Crippen LogP contribution in [-0.2, 0) is 11.2 Å². The highest BCUT2D eigenvalue weighted by atomic mass is 16.1. The fourth-order valence-corrected chi connectivity index (χ4v) is 3.20. The summed E-state index contributed by atoms with van der Waals surface area (Å²) >= 11 is 0. The van der Waals surface area contributed by atoms with Gasteiger partial charge in [0.2, 0.25) is 5.91 Å². The van der Waals surface area contributed by atoms with Gasteiger partial charge in [-0.2, -0.15) is 4.99 Å². The molecule has 1 amide bonds. The average molecular weight is 344 g/mol. The highest BCUT2D eigenvalue weighted by molar-refractivity contribution is 6.38.